The van der Waals surface area contributed by atoms with E-state index in [4.69, 9.17) is 5.73 Å². The molecule has 0 spiro atoms. The summed E-state index contributed by atoms with van der Waals surface area (Å²) < 4.78 is 0. The minimum absolute atomic E-state index is 0.0137. The zero-order valence-electron chi connectivity index (χ0n) is 23.6. The van der Waals surface area contributed by atoms with Gasteiger partial charge in [-0.05, 0) is 49.4 Å². The number of primary amides is 1. The van der Waals surface area contributed by atoms with Gasteiger partial charge in [0.1, 0.15) is 12.1 Å². The van der Waals surface area contributed by atoms with Gasteiger partial charge in [-0.3, -0.25) is 19.2 Å². The molecule has 9 heteroatoms. The van der Waals surface area contributed by atoms with Gasteiger partial charge in [-0.25, -0.2) is 0 Å². The fraction of sp³-hybridized carbons (Fsp3) is 0.667. The molecule has 3 fully saturated rings. The lowest BCUT2D eigenvalue weighted by atomic mass is 9.84. The van der Waals surface area contributed by atoms with E-state index in [1.165, 1.54) is 6.42 Å². The first-order valence-electron chi connectivity index (χ1n) is 14.7. The summed E-state index contributed by atoms with van der Waals surface area (Å²) in [7, 11) is 3.88. The number of carbonyl (C=O) groups excluding carboxylic acids is 4. The first-order chi connectivity index (χ1) is 18.7. The van der Waals surface area contributed by atoms with Gasteiger partial charge in [0.05, 0.1) is 6.54 Å². The van der Waals surface area contributed by atoms with Crippen molar-refractivity contribution in [2.24, 2.45) is 17.6 Å². The van der Waals surface area contributed by atoms with Gasteiger partial charge in [0, 0.05) is 44.4 Å². The number of rotatable bonds is 8. The van der Waals surface area contributed by atoms with Crippen molar-refractivity contribution in [2.75, 3.05) is 38.6 Å². The van der Waals surface area contributed by atoms with Crippen molar-refractivity contribution in [2.45, 2.75) is 82.7 Å². The van der Waals surface area contributed by atoms with Crippen molar-refractivity contribution in [3.05, 3.63) is 29.8 Å². The van der Waals surface area contributed by atoms with E-state index in [9.17, 15) is 19.2 Å². The molecule has 0 bridgehead atoms. The second-order valence-corrected chi connectivity index (χ2v) is 11.8. The van der Waals surface area contributed by atoms with Crippen LogP contribution in [0.5, 0.6) is 0 Å². The molecule has 214 valence electrons. The minimum Gasteiger partial charge on any atom is -0.378 e. The summed E-state index contributed by atoms with van der Waals surface area (Å²) in [4.78, 5) is 58.4. The Labute approximate surface area is 232 Å². The van der Waals surface area contributed by atoms with Crippen LogP contribution in [-0.2, 0) is 14.4 Å². The topological polar surface area (TPSA) is 116 Å². The number of hydrogen-bond acceptors (Lipinski definition) is 5. The Hall–Kier alpha value is -3.10. The lowest BCUT2D eigenvalue weighted by Crippen LogP contribution is -2.64. The largest absolute Gasteiger partial charge is 0.378 e. The molecule has 4 amide bonds. The van der Waals surface area contributed by atoms with E-state index in [0.717, 1.165) is 63.5 Å². The van der Waals surface area contributed by atoms with Gasteiger partial charge < -0.3 is 25.8 Å². The number of nitrogens with two attached hydrogens (primary N) is 1. The molecule has 9 nitrogen and oxygen atoms in total. The molecule has 1 heterocycles. The fourth-order valence-corrected chi connectivity index (χ4v) is 6.39. The van der Waals surface area contributed by atoms with Crippen LogP contribution >= 0.6 is 0 Å². The van der Waals surface area contributed by atoms with E-state index >= 15 is 0 Å². The van der Waals surface area contributed by atoms with Gasteiger partial charge in [0.2, 0.25) is 17.7 Å². The molecule has 1 saturated heterocycles. The van der Waals surface area contributed by atoms with Crippen molar-refractivity contribution < 1.29 is 19.2 Å². The summed E-state index contributed by atoms with van der Waals surface area (Å²) in [5.41, 5.74) is 7.25. The van der Waals surface area contributed by atoms with Crippen LogP contribution in [0.15, 0.2) is 24.3 Å². The molecule has 0 radical (unpaired) electrons. The van der Waals surface area contributed by atoms with E-state index in [-0.39, 0.29) is 24.3 Å². The number of nitrogens with zero attached hydrogens (tertiary/aromatic N) is 3. The summed E-state index contributed by atoms with van der Waals surface area (Å²) in [6.45, 7) is 0.740. The number of hydrogen-bond donors (Lipinski definition) is 2. The summed E-state index contributed by atoms with van der Waals surface area (Å²) in [5.74, 6) is -0.880. The minimum atomic E-state index is -0.855. The first kappa shape index (κ1) is 28.9. The normalized spacial score (nSPS) is 21.7. The van der Waals surface area contributed by atoms with Crippen LogP contribution in [0.2, 0.25) is 0 Å². The number of amides is 4. The molecule has 4 rings (SSSR count). The summed E-state index contributed by atoms with van der Waals surface area (Å²) >= 11 is 0. The Morgan fingerprint density at radius 1 is 0.923 bits per heavy atom. The Balaban J connectivity index is 1.51. The van der Waals surface area contributed by atoms with E-state index in [1.54, 1.807) is 21.9 Å². The van der Waals surface area contributed by atoms with Gasteiger partial charge in [-0.15, -0.1) is 0 Å². The molecule has 1 aromatic rings. The van der Waals surface area contributed by atoms with E-state index in [0.29, 0.717) is 31.0 Å². The van der Waals surface area contributed by atoms with Crippen molar-refractivity contribution in [1.29, 1.82) is 0 Å². The predicted octanol–water partition coefficient (Wildman–Crippen LogP) is 2.93. The van der Waals surface area contributed by atoms with Crippen LogP contribution in [0.3, 0.4) is 0 Å². The Morgan fingerprint density at radius 2 is 1.54 bits per heavy atom. The molecule has 39 heavy (non-hydrogen) atoms. The van der Waals surface area contributed by atoms with Crippen LogP contribution in [-0.4, -0.2) is 79.2 Å². The molecule has 3 N–H and O–H groups in total. The van der Waals surface area contributed by atoms with Gasteiger partial charge in [0.15, 0.2) is 0 Å². The van der Waals surface area contributed by atoms with Crippen molar-refractivity contribution in [1.82, 2.24) is 15.1 Å². The summed E-state index contributed by atoms with van der Waals surface area (Å²) in [6.07, 6.45) is 10.9. The predicted molar refractivity (Wildman–Crippen MR) is 151 cm³/mol. The summed E-state index contributed by atoms with van der Waals surface area (Å²) in [6, 6.07) is 5.73. The van der Waals surface area contributed by atoms with Gasteiger partial charge in [0.25, 0.3) is 5.91 Å². The first-order valence-corrected chi connectivity index (χ1v) is 14.7. The van der Waals surface area contributed by atoms with Gasteiger partial charge in [-0.1, -0.05) is 51.4 Å². The third kappa shape index (κ3) is 7.31. The van der Waals surface area contributed by atoms with Gasteiger partial charge >= 0.3 is 0 Å². The Morgan fingerprint density at radius 3 is 2.13 bits per heavy atom. The Bertz CT molecular complexity index is 1010. The highest BCUT2D eigenvalue weighted by Crippen LogP contribution is 2.29. The van der Waals surface area contributed by atoms with E-state index in [2.05, 4.69) is 5.32 Å². The molecule has 1 aromatic carbocycles. The average molecular weight is 540 g/mol. The van der Waals surface area contributed by atoms with Crippen molar-refractivity contribution in [3.63, 3.8) is 0 Å². The second-order valence-electron chi connectivity index (χ2n) is 11.8. The van der Waals surface area contributed by atoms with Crippen LogP contribution < -0.4 is 16.0 Å². The second kappa shape index (κ2) is 13.3. The number of nitrogens with one attached hydrogen (secondary N) is 1. The van der Waals surface area contributed by atoms with E-state index < -0.39 is 23.9 Å². The van der Waals surface area contributed by atoms with Crippen molar-refractivity contribution in [3.8, 4) is 0 Å². The molecule has 2 saturated carbocycles. The zero-order chi connectivity index (χ0) is 27.9. The highest BCUT2D eigenvalue weighted by Gasteiger charge is 2.40. The van der Waals surface area contributed by atoms with Crippen LogP contribution in [0, 0.1) is 11.8 Å². The van der Waals surface area contributed by atoms with Crippen LogP contribution in [0.25, 0.3) is 0 Å². The smallest absolute Gasteiger partial charge is 0.254 e. The molecule has 2 atom stereocenters. The fourth-order valence-electron chi connectivity index (χ4n) is 6.39. The number of piperazine rings is 1. The molecule has 3 aliphatic rings. The number of carbonyl (C=O) groups is 4. The molecule has 1 aliphatic heterocycles. The molecular weight excluding hydrogens is 494 g/mol. The highest BCUT2D eigenvalue weighted by atomic mass is 16.2. The Kier molecular flexibility index (Phi) is 9.86. The highest BCUT2D eigenvalue weighted by molar-refractivity contribution is 5.97. The SMILES string of the molecule is CN(C)c1ccc(C(=O)N2CCN(C(=O)C3CCCCC3)[C@H](C(=O)N[C@@H](CC3CCCCC3)C(N)=O)C2)cc1. The lowest BCUT2D eigenvalue weighted by Gasteiger charge is -2.42. The standard InChI is InChI=1S/C30H45N5O4/c1-33(2)24-15-13-23(14-16-24)29(38)34-17-18-35(30(39)22-11-7-4-8-12-22)26(20-34)28(37)32-25(27(31)36)19-21-9-5-3-6-10-21/h13-16,21-22,25-26H,3-12,17-20H2,1-2H3,(H2,31,36)(H,32,37)/t25-,26-/m0/s1. The monoisotopic (exact) mass is 539 g/mol. The average Bonchev–Trinajstić information content (AvgIpc) is 2.96. The molecule has 2 aliphatic carbocycles. The number of anilines is 1. The maximum absolute atomic E-state index is 13.7. The number of benzene rings is 1. The molecular formula is C30H45N5O4. The van der Waals surface area contributed by atoms with E-state index in [1.807, 2.05) is 31.1 Å². The zero-order valence-corrected chi connectivity index (χ0v) is 23.6. The van der Waals surface area contributed by atoms with Crippen LogP contribution in [0.1, 0.15) is 81.0 Å². The molecule has 0 aromatic heterocycles. The van der Waals surface area contributed by atoms with Gasteiger partial charge in [-0.2, -0.15) is 0 Å². The quantitative estimate of drug-likeness (QED) is 0.527. The maximum Gasteiger partial charge on any atom is 0.254 e. The third-order valence-electron chi connectivity index (χ3n) is 8.79. The van der Waals surface area contributed by atoms with Crippen LogP contribution in [0.4, 0.5) is 5.69 Å². The van der Waals surface area contributed by atoms with Crippen molar-refractivity contribution >= 4 is 29.3 Å². The lowest BCUT2D eigenvalue weighted by molar-refractivity contribution is -0.147. The molecule has 0 unspecified atom stereocenters. The summed E-state index contributed by atoms with van der Waals surface area (Å²) in [5, 5.41) is 2.89. The maximum atomic E-state index is 13.7. The third-order valence-corrected chi connectivity index (χ3v) is 8.79.